The Hall–Kier alpha value is -0.941. The van der Waals surface area contributed by atoms with Gasteiger partial charge in [0.2, 0.25) is 11.9 Å². The van der Waals surface area contributed by atoms with Crippen molar-refractivity contribution in [2.24, 2.45) is 4.90 Å². The molecule has 0 aliphatic carbocycles. The van der Waals surface area contributed by atoms with E-state index in [0.29, 0.717) is 11.0 Å². The van der Waals surface area contributed by atoms with Gasteiger partial charge < -0.3 is 35.7 Å². The first-order valence-corrected chi connectivity index (χ1v) is 5.78. The average molecular weight is 408 g/mol. The van der Waals surface area contributed by atoms with Gasteiger partial charge in [-0.3, -0.25) is 9.36 Å². The van der Waals surface area contributed by atoms with Crippen LogP contribution >= 0.6 is 0 Å². The zero-order valence-corrected chi connectivity index (χ0v) is 14.4. The summed E-state index contributed by atoms with van der Waals surface area (Å²) in [5.41, 5.74) is 5.99. The molecule has 13 heteroatoms. The Labute approximate surface area is 156 Å². The van der Waals surface area contributed by atoms with Crippen LogP contribution in [-0.4, -0.2) is 65.3 Å². The van der Waals surface area contributed by atoms with E-state index >= 15 is 0 Å². The predicted molar refractivity (Wildman–Crippen MR) is 72.7 cm³/mol. The third kappa shape index (κ3) is 5.01. The quantitative estimate of drug-likeness (QED) is 0.340. The summed E-state index contributed by atoms with van der Waals surface area (Å²) in [6.07, 6.45) is -4.25. The van der Waals surface area contributed by atoms with Crippen molar-refractivity contribution in [1.82, 2.24) is 9.55 Å². The van der Waals surface area contributed by atoms with Crippen molar-refractivity contribution in [3.63, 3.8) is 0 Å². The SMILES string of the molecule is [2H][B]/N=C/O.[NH-]c1ccn([C@@H]2O[C@H](CO)[C@H](O)C2(F)F)c(=O)n1.[Y]. The number of aromatic nitrogens is 2. The molecule has 2 heterocycles. The number of aliphatic hydroxyl groups excluding tert-OH is 3. The van der Waals surface area contributed by atoms with Crippen molar-refractivity contribution in [1.29, 1.82) is 1.34 Å². The van der Waals surface area contributed by atoms with E-state index in [-0.39, 0.29) is 38.5 Å². The van der Waals surface area contributed by atoms with E-state index in [1.165, 1.54) is 0 Å². The zero-order valence-electron chi connectivity index (χ0n) is 12.6. The maximum Gasteiger partial charge on any atom is 0.320 e. The number of hydrogen-bond acceptors (Lipinski definition) is 6. The summed E-state index contributed by atoms with van der Waals surface area (Å²) in [4.78, 5) is 17.5. The first-order chi connectivity index (χ1) is 10.8. The molecule has 0 saturated carbocycles. The molecular formula is C10H13BF2N4O5Y-. The van der Waals surface area contributed by atoms with Gasteiger partial charge in [0.05, 0.1) is 6.61 Å². The number of halogens is 2. The molecule has 4 N–H and O–H groups in total. The molecule has 2 radical (unpaired) electrons. The van der Waals surface area contributed by atoms with E-state index < -0.39 is 36.7 Å². The average Bonchev–Trinajstić information content (AvgIpc) is 2.72. The third-order valence-corrected chi connectivity index (χ3v) is 2.71. The van der Waals surface area contributed by atoms with Gasteiger partial charge in [-0.05, 0) is 6.07 Å². The minimum atomic E-state index is -3.73. The van der Waals surface area contributed by atoms with Crippen LogP contribution in [0.5, 0.6) is 0 Å². The molecule has 0 unspecified atom stereocenters. The van der Waals surface area contributed by atoms with Crippen molar-refractivity contribution < 1.29 is 61.5 Å². The van der Waals surface area contributed by atoms with Crippen LogP contribution in [0.15, 0.2) is 22.0 Å². The molecule has 3 atom stereocenters. The summed E-state index contributed by atoms with van der Waals surface area (Å²) in [7, 11) is 0.750. The largest absolute Gasteiger partial charge is 0.500 e. The Morgan fingerprint density at radius 1 is 1.70 bits per heavy atom. The van der Waals surface area contributed by atoms with Gasteiger partial charge in [-0.15, -0.1) is 0 Å². The monoisotopic (exact) mass is 408 g/mol. The fourth-order valence-corrected chi connectivity index (χ4v) is 1.71. The van der Waals surface area contributed by atoms with Crippen molar-refractivity contribution in [2.75, 3.05) is 6.61 Å². The van der Waals surface area contributed by atoms with Gasteiger partial charge in [-0.2, -0.15) is 8.78 Å². The summed E-state index contributed by atoms with van der Waals surface area (Å²) in [6, 6.07) is 1.04. The van der Waals surface area contributed by atoms with Crippen molar-refractivity contribution in [3.8, 4) is 0 Å². The number of alkyl halides is 2. The number of hydrogen-bond donors (Lipinski definition) is 3. The van der Waals surface area contributed by atoms with Crippen LogP contribution in [0.3, 0.4) is 0 Å². The van der Waals surface area contributed by atoms with Gasteiger partial charge in [0.15, 0.2) is 12.5 Å². The second kappa shape index (κ2) is 9.38. The summed E-state index contributed by atoms with van der Waals surface area (Å²) in [6.45, 7) is -0.800. The summed E-state index contributed by atoms with van der Waals surface area (Å²) in [5, 5.41) is 25.7. The molecule has 0 amide bonds. The minimum Gasteiger partial charge on any atom is -0.500 e. The second-order valence-corrected chi connectivity index (χ2v) is 4.10. The topological polar surface area (TPSA) is 141 Å². The molecule has 1 saturated heterocycles. The standard InChI is InChI=1S/C9H11F2N3O4.CH3BNO.Y/c10-9(11)6(16)4(3-15)18-7(9)14-2-1-5(12)13-8(14)17;2-3-1-4;/h1-2,4,6-7,15-16H,3H2,(H2,12,13,17);1-2H,(H,3,4);/p-1/t4-,6+,7-;;/m1../s1/i;2D;. The zero-order chi connectivity index (χ0) is 17.6. The number of ether oxygens (including phenoxy) is 1. The van der Waals surface area contributed by atoms with E-state index in [9.17, 15) is 18.7 Å². The fourth-order valence-electron chi connectivity index (χ4n) is 1.71. The fraction of sp³-hybridized carbons (Fsp3) is 0.500. The van der Waals surface area contributed by atoms with E-state index in [1.54, 1.807) is 0 Å². The Balaban J connectivity index is 0.000000777. The van der Waals surface area contributed by atoms with Gasteiger partial charge >= 0.3 is 5.92 Å². The number of aliphatic hydroxyl groups is 3. The molecule has 0 aromatic carbocycles. The van der Waals surface area contributed by atoms with Gasteiger partial charge in [0, 0.05) is 40.2 Å². The van der Waals surface area contributed by atoms with Crippen LogP contribution in [0.25, 0.3) is 5.73 Å². The van der Waals surface area contributed by atoms with E-state index in [2.05, 4.69) is 9.89 Å². The Bertz CT molecular complexity index is 611. The van der Waals surface area contributed by atoms with Crippen LogP contribution in [0.4, 0.5) is 14.6 Å². The molecule has 2 rings (SSSR count). The van der Waals surface area contributed by atoms with E-state index in [0.717, 1.165) is 20.2 Å². The summed E-state index contributed by atoms with van der Waals surface area (Å²) >= 11 is 0. The second-order valence-electron chi connectivity index (χ2n) is 4.10. The molecular weight excluding hydrogens is 394 g/mol. The van der Waals surface area contributed by atoms with Crippen molar-refractivity contribution in [2.45, 2.75) is 24.4 Å². The molecule has 1 aromatic rings. The molecule has 1 fully saturated rings. The molecule has 0 spiro atoms. The van der Waals surface area contributed by atoms with Crippen molar-refractivity contribution >= 4 is 20.2 Å². The van der Waals surface area contributed by atoms with Crippen LogP contribution in [-0.2, 0) is 37.4 Å². The number of rotatable bonds is 3. The van der Waals surface area contributed by atoms with Crippen LogP contribution in [0, 0.1) is 0 Å². The van der Waals surface area contributed by atoms with Gasteiger partial charge in [0.25, 0.3) is 7.94 Å². The first kappa shape index (κ1) is 20.1. The first-order valence-electron chi connectivity index (χ1n) is 6.36. The smallest absolute Gasteiger partial charge is 0.320 e. The molecule has 23 heavy (non-hydrogen) atoms. The Morgan fingerprint density at radius 3 is 2.74 bits per heavy atom. The maximum absolute atomic E-state index is 13.7. The normalized spacial score (nSPS) is 25.9. The molecule has 1 aromatic heterocycles. The third-order valence-electron chi connectivity index (χ3n) is 2.71. The molecule has 124 valence electrons. The minimum absolute atomic E-state index is 0. The molecule has 9 nitrogen and oxygen atoms in total. The number of nitrogens with zero attached hydrogens (tertiary/aromatic N) is 3. The Kier molecular flexibility index (Phi) is 8.20. The molecule has 1 aliphatic rings. The van der Waals surface area contributed by atoms with Crippen LogP contribution in [0.1, 0.15) is 6.23 Å². The van der Waals surface area contributed by atoms with Crippen LogP contribution in [0.2, 0.25) is 0 Å². The predicted octanol–water partition coefficient (Wildman–Crippen LogP) is -0.801. The van der Waals surface area contributed by atoms with Gasteiger partial charge in [-0.1, -0.05) is 5.82 Å². The van der Waals surface area contributed by atoms with Gasteiger partial charge in [-0.25, -0.2) is 0 Å². The summed E-state index contributed by atoms with van der Waals surface area (Å²) < 4.78 is 38.7. The van der Waals surface area contributed by atoms with E-state index in [4.69, 9.17) is 22.0 Å². The summed E-state index contributed by atoms with van der Waals surface area (Å²) in [5.74, 6) is -4.10. The maximum atomic E-state index is 13.7. The van der Waals surface area contributed by atoms with Gasteiger partial charge in [0.1, 0.15) is 6.10 Å². The molecule has 1 aliphatic heterocycles. The molecule has 0 bridgehead atoms. The van der Waals surface area contributed by atoms with E-state index in [1.807, 2.05) is 0 Å². The van der Waals surface area contributed by atoms with Crippen molar-refractivity contribution in [3.05, 3.63) is 28.5 Å². The Morgan fingerprint density at radius 2 is 2.35 bits per heavy atom. The van der Waals surface area contributed by atoms with Crippen LogP contribution < -0.4 is 5.69 Å². The number of nitrogens with one attached hydrogen (secondary N) is 1.